The highest BCUT2D eigenvalue weighted by Crippen LogP contribution is 2.52. The Kier molecular flexibility index (Phi) is 4.68. The van der Waals surface area contributed by atoms with E-state index in [1.54, 1.807) is 12.0 Å². The van der Waals surface area contributed by atoms with Crippen LogP contribution in [0.1, 0.15) is 16.7 Å². The number of rotatable bonds is 4. The Labute approximate surface area is 183 Å². The van der Waals surface area contributed by atoms with Crippen molar-refractivity contribution in [2.24, 2.45) is 5.10 Å². The fourth-order valence-corrected chi connectivity index (χ4v) is 5.15. The molecule has 2 aliphatic heterocycles. The molecule has 0 aliphatic carbocycles. The van der Waals surface area contributed by atoms with Crippen LogP contribution in [0.3, 0.4) is 0 Å². The van der Waals surface area contributed by atoms with Crippen LogP contribution in [0.25, 0.3) is 0 Å². The minimum atomic E-state index is -1.03. The van der Waals surface area contributed by atoms with Gasteiger partial charge in [-0.3, -0.25) is 10.2 Å². The highest BCUT2D eigenvalue weighted by Gasteiger charge is 2.55. The summed E-state index contributed by atoms with van der Waals surface area (Å²) in [5.74, 6) is 0.612. The number of amides is 1. The number of hydrazone groups is 1. The number of ether oxygens (including phenoxy) is 1. The van der Waals surface area contributed by atoms with Gasteiger partial charge in [-0.2, -0.15) is 5.10 Å². The fraction of sp³-hybridized carbons (Fsp3) is 0.130. The molecule has 0 saturated carbocycles. The maximum Gasteiger partial charge on any atom is 0.270 e. The largest absolute Gasteiger partial charge is 0.497 e. The Morgan fingerprint density at radius 3 is 2.63 bits per heavy atom. The van der Waals surface area contributed by atoms with Gasteiger partial charge in [-0.25, -0.2) is 0 Å². The van der Waals surface area contributed by atoms with Gasteiger partial charge in [0.2, 0.25) is 4.87 Å². The molecular formula is C23H18ClN3O2S. The van der Waals surface area contributed by atoms with Crippen molar-refractivity contribution < 1.29 is 9.53 Å². The molecule has 0 bridgehead atoms. The number of hydrogen-bond acceptors (Lipinski definition) is 5. The lowest BCUT2D eigenvalue weighted by Gasteiger charge is -2.23. The van der Waals surface area contributed by atoms with E-state index < -0.39 is 4.87 Å². The number of carbonyl (C=O) groups excluding carboxylic acids is 1. The molecule has 0 saturated heterocycles. The van der Waals surface area contributed by atoms with Crippen molar-refractivity contribution in [3.63, 3.8) is 0 Å². The van der Waals surface area contributed by atoms with E-state index in [1.807, 2.05) is 72.8 Å². The molecule has 5 nitrogen and oxygen atoms in total. The standard InChI is InChI=1S/C23H18ClN3O2S/c1-29-17-11-12-20-18(13-17)23(26-25-21(30-23)15-7-3-2-4-8-15)22(28)27(20)14-16-9-5-6-10-19(16)24/h2-13,26H,14H2,1H3. The number of thioether (sulfide) groups is 1. The summed E-state index contributed by atoms with van der Waals surface area (Å²) < 4.78 is 5.44. The number of anilines is 1. The van der Waals surface area contributed by atoms with Crippen LogP contribution in [-0.4, -0.2) is 18.1 Å². The van der Waals surface area contributed by atoms with Crippen LogP contribution < -0.4 is 15.1 Å². The normalized spacial score (nSPS) is 19.6. The number of methoxy groups -OCH3 is 1. The van der Waals surface area contributed by atoms with Crippen LogP contribution >= 0.6 is 23.4 Å². The summed E-state index contributed by atoms with van der Waals surface area (Å²) >= 11 is 7.80. The number of nitrogens with zero attached hydrogens (tertiary/aromatic N) is 2. The van der Waals surface area contributed by atoms with E-state index in [0.717, 1.165) is 27.4 Å². The second-order valence-electron chi connectivity index (χ2n) is 7.04. The molecule has 0 aromatic heterocycles. The SMILES string of the molecule is COc1ccc2c(c1)C1(NN=C(c3ccccc3)S1)C(=O)N2Cc1ccccc1Cl. The molecule has 1 unspecified atom stereocenters. The minimum absolute atomic E-state index is 0.0784. The Hall–Kier alpha value is -2.96. The number of benzene rings is 3. The van der Waals surface area contributed by atoms with E-state index in [1.165, 1.54) is 11.8 Å². The molecule has 0 fully saturated rings. The van der Waals surface area contributed by atoms with Crippen molar-refractivity contribution in [3.8, 4) is 5.75 Å². The van der Waals surface area contributed by atoms with Crippen molar-refractivity contribution in [3.05, 3.63) is 94.5 Å². The van der Waals surface area contributed by atoms with Gasteiger partial charge in [0.15, 0.2) is 0 Å². The molecule has 1 atom stereocenters. The third-order valence-corrected chi connectivity index (χ3v) is 6.97. The zero-order valence-corrected chi connectivity index (χ0v) is 17.7. The third kappa shape index (κ3) is 2.95. The molecule has 30 heavy (non-hydrogen) atoms. The monoisotopic (exact) mass is 435 g/mol. The first-order chi connectivity index (χ1) is 14.6. The van der Waals surface area contributed by atoms with E-state index in [2.05, 4.69) is 10.5 Å². The molecule has 3 aromatic rings. The number of nitrogens with one attached hydrogen (secondary N) is 1. The lowest BCUT2D eigenvalue weighted by atomic mass is 10.1. The van der Waals surface area contributed by atoms with Gasteiger partial charge in [-0.05, 0) is 29.8 Å². The first-order valence-electron chi connectivity index (χ1n) is 9.45. The van der Waals surface area contributed by atoms with Gasteiger partial charge in [0, 0.05) is 16.1 Å². The first kappa shape index (κ1) is 19.0. The number of carbonyl (C=O) groups is 1. The van der Waals surface area contributed by atoms with Gasteiger partial charge in [0.25, 0.3) is 5.91 Å². The molecule has 1 spiro atoms. The van der Waals surface area contributed by atoms with Crippen molar-refractivity contribution in [2.75, 3.05) is 12.0 Å². The van der Waals surface area contributed by atoms with Gasteiger partial charge in [-0.1, -0.05) is 71.9 Å². The molecule has 7 heteroatoms. The highest BCUT2D eigenvalue weighted by atomic mass is 35.5. The molecule has 1 N–H and O–H groups in total. The van der Waals surface area contributed by atoms with Crippen LogP contribution in [0.5, 0.6) is 5.75 Å². The van der Waals surface area contributed by atoms with Gasteiger partial charge in [0.05, 0.1) is 19.3 Å². The Balaban J connectivity index is 1.56. The fourth-order valence-electron chi connectivity index (χ4n) is 3.76. The third-order valence-electron chi connectivity index (χ3n) is 5.29. The average Bonchev–Trinajstić information content (AvgIpc) is 3.33. The summed E-state index contributed by atoms with van der Waals surface area (Å²) in [6.07, 6.45) is 0. The van der Waals surface area contributed by atoms with Crippen LogP contribution in [-0.2, 0) is 16.2 Å². The zero-order valence-electron chi connectivity index (χ0n) is 16.1. The van der Waals surface area contributed by atoms with E-state index in [0.29, 0.717) is 17.3 Å². The van der Waals surface area contributed by atoms with Crippen molar-refractivity contribution in [2.45, 2.75) is 11.4 Å². The molecule has 5 rings (SSSR count). The smallest absolute Gasteiger partial charge is 0.270 e. The summed E-state index contributed by atoms with van der Waals surface area (Å²) in [6.45, 7) is 0.377. The minimum Gasteiger partial charge on any atom is -0.497 e. The van der Waals surface area contributed by atoms with Crippen molar-refractivity contribution >= 4 is 40.0 Å². The summed E-state index contributed by atoms with van der Waals surface area (Å²) in [6, 6.07) is 23.1. The summed E-state index contributed by atoms with van der Waals surface area (Å²) in [5, 5.41) is 5.93. The second kappa shape index (κ2) is 7.38. The second-order valence-corrected chi connectivity index (χ2v) is 8.65. The molecule has 1 amide bonds. The summed E-state index contributed by atoms with van der Waals surface area (Å²) in [5.41, 5.74) is 6.65. The lowest BCUT2D eigenvalue weighted by Crippen LogP contribution is -2.44. The van der Waals surface area contributed by atoms with E-state index in [4.69, 9.17) is 16.3 Å². The number of fused-ring (bicyclic) bond motifs is 2. The van der Waals surface area contributed by atoms with E-state index >= 15 is 0 Å². The van der Waals surface area contributed by atoms with Gasteiger partial charge < -0.3 is 9.64 Å². The summed E-state index contributed by atoms with van der Waals surface area (Å²) in [7, 11) is 1.62. The Morgan fingerprint density at radius 1 is 1.10 bits per heavy atom. The van der Waals surface area contributed by atoms with Gasteiger partial charge in [0.1, 0.15) is 10.8 Å². The predicted octanol–water partition coefficient (Wildman–Crippen LogP) is 4.75. The van der Waals surface area contributed by atoms with Crippen LogP contribution in [0, 0.1) is 0 Å². The number of hydrogen-bond donors (Lipinski definition) is 1. The molecule has 0 radical (unpaired) electrons. The van der Waals surface area contributed by atoms with Gasteiger partial charge >= 0.3 is 0 Å². The quantitative estimate of drug-likeness (QED) is 0.642. The van der Waals surface area contributed by atoms with Gasteiger partial charge in [-0.15, -0.1) is 0 Å². The predicted molar refractivity (Wildman–Crippen MR) is 121 cm³/mol. The first-order valence-corrected chi connectivity index (χ1v) is 10.6. The Morgan fingerprint density at radius 2 is 1.87 bits per heavy atom. The van der Waals surface area contributed by atoms with Crippen LogP contribution in [0.2, 0.25) is 5.02 Å². The highest BCUT2D eigenvalue weighted by molar-refractivity contribution is 8.16. The van der Waals surface area contributed by atoms with Crippen molar-refractivity contribution in [1.29, 1.82) is 0 Å². The molecule has 3 aromatic carbocycles. The van der Waals surface area contributed by atoms with Crippen LogP contribution in [0.15, 0.2) is 77.9 Å². The molecule has 2 aliphatic rings. The topological polar surface area (TPSA) is 53.9 Å². The maximum absolute atomic E-state index is 13.8. The van der Waals surface area contributed by atoms with Crippen LogP contribution in [0.4, 0.5) is 5.69 Å². The van der Waals surface area contributed by atoms with Crippen molar-refractivity contribution in [1.82, 2.24) is 5.43 Å². The number of halogens is 1. The Bertz CT molecular complexity index is 1170. The molecule has 150 valence electrons. The average molecular weight is 436 g/mol. The molecule has 2 heterocycles. The van der Waals surface area contributed by atoms with E-state index in [9.17, 15) is 4.79 Å². The lowest BCUT2D eigenvalue weighted by molar-refractivity contribution is -0.121. The summed E-state index contributed by atoms with van der Waals surface area (Å²) in [4.78, 5) is 14.5. The zero-order chi connectivity index (χ0) is 20.7. The maximum atomic E-state index is 13.8. The van der Waals surface area contributed by atoms with E-state index in [-0.39, 0.29) is 5.91 Å². The molecular weight excluding hydrogens is 418 g/mol.